The molecule has 1 aromatic heterocycles. The van der Waals surface area contributed by atoms with Gasteiger partial charge in [0.05, 0.1) is 6.04 Å². The highest BCUT2D eigenvalue weighted by Gasteiger charge is 2.24. The topological polar surface area (TPSA) is 29.9 Å². The lowest BCUT2D eigenvalue weighted by Crippen LogP contribution is -2.18. The van der Waals surface area contributed by atoms with Crippen LogP contribution in [0.3, 0.4) is 0 Å². The summed E-state index contributed by atoms with van der Waals surface area (Å²) in [4.78, 5) is 4.67. The zero-order chi connectivity index (χ0) is 11.7. The van der Waals surface area contributed by atoms with E-state index in [1.54, 1.807) is 0 Å². The average molecular weight is 233 g/mol. The van der Waals surface area contributed by atoms with Gasteiger partial charge in [0.15, 0.2) is 0 Å². The van der Waals surface area contributed by atoms with Crippen LogP contribution in [0.4, 0.5) is 0 Å². The molecule has 0 aromatic carbocycles. The normalized spacial score (nSPS) is 26.5. The number of aromatic nitrogens is 2. The van der Waals surface area contributed by atoms with Gasteiger partial charge in [-0.05, 0) is 32.2 Å². The molecule has 94 valence electrons. The number of hydrogen-bond donors (Lipinski definition) is 1. The van der Waals surface area contributed by atoms with Gasteiger partial charge in [0, 0.05) is 24.9 Å². The molecule has 0 radical (unpaired) electrons. The zero-order valence-corrected chi connectivity index (χ0v) is 10.8. The highest BCUT2D eigenvalue weighted by atomic mass is 15.1. The molecule has 1 aromatic rings. The molecule has 1 aliphatic carbocycles. The van der Waals surface area contributed by atoms with Crippen LogP contribution in [0, 0.1) is 0 Å². The standard InChI is InChI=1S/C14H23N3/c1-17-13(11-6-3-2-4-7-11)10-16-14(17)12-8-5-9-15-12/h10-12,15H,2-9H2,1H3. The second-order valence-electron chi connectivity index (χ2n) is 5.58. The van der Waals surface area contributed by atoms with Crippen LogP contribution in [-0.4, -0.2) is 16.1 Å². The minimum Gasteiger partial charge on any atom is -0.334 e. The second-order valence-corrected chi connectivity index (χ2v) is 5.58. The molecule has 2 heterocycles. The molecule has 1 saturated carbocycles. The van der Waals surface area contributed by atoms with Gasteiger partial charge in [-0.2, -0.15) is 0 Å². The van der Waals surface area contributed by atoms with E-state index < -0.39 is 0 Å². The van der Waals surface area contributed by atoms with Crippen molar-refractivity contribution in [1.82, 2.24) is 14.9 Å². The van der Waals surface area contributed by atoms with Gasteiger partial charge >= 0.3 is 0 Å². The van der Waals surface area contributed by atoms with Crippen LogP contribution in [0.25, 0.3) is 0 Å². The van der Waals surface area contributed by atoms with Gasteiger partial charge in [-0.1, -0.05) is 19.3 Å². The van der Waals surface area contributed by atoms with Gasteiger partial charge in [0.1, 0.15) is 5.82 Å². The first-order chi connectivity index (χ1) is 8.36. The number of imidazole rings is 1. The van der Waals surface area contributed by atoms with Gasteiger partial charge in [0.2, 0.25) is 0 Å². The zero-order valence-electron chi connectivity index (χ0n) is 10.8. The number of hydrogen-bond acceptors (Lipinski definition) is 2. The first kappa shape index (κ1) is 11.3. The monoisotopic (exact) mass is 233 g/mol. The number of nitrogens with one attached hydrogen (secondary N) is 1. The van der Waals surface area contributed by atoms with E-state index in [0.717, 1.165) is 12.5 Å². The maximum atomic E-state index is 4.67. The number of nitrogens with zero attached hydrogens (tertiary/aromatic N) is 2. The van der Waals surface area contributed by atoms with Gasteiger partial charge in [-0.3, -0.25) is 0 Å². The summed E-state index contributed by atoms with van der Waals surface area (Å²) in [5.41, 5.74) is 1.47. The summed E-state index contributed by atoms with van der Waals surface area (Å²) in [5, 5.41) is 3.55. The first-order valence-corrected chi connectivity index (χ1v) is 7.11. The van der Waals surface area contributed by atoms with Crippen LogP contribution in [0.2, 0.25) is 0 Å². The lowest BCUT2D eigenvalue weighted by atomic mass is 9.87. The van der Waals surface area contributed by atoms with Crippen molar-refractivity contribution in [3.05, 3.63) is 17.7 Å². The molecule has 1 N–H and O–H groups in total. The largest absolute Gasteiger partial charge is 0.334 e. The third-order valence-electron chi connectivity index (χ3n) is 4.46. The molecular weight excluding hydrogens is 210 g/mol. The van der Waals surface area contributed by atoms with Gasteiger partial charge in [-0.25, -0.2) is 4.98 Å². The van der Waals surface area contributed by atoms with Crippen LogP contribution >= 0.6 is 0 Å². The lowest BCUT2D eigenvalue weighted by molar-refractivity contribution is 0.425. The van der Waals surface area contributed by atoms with Crippen molar-refractivity contribution in [2.75, 3.05) is 6.54 Å². The van der Waals surface area contributed by atoms with Crippen molar-refractivity contribution in [3.63, 3.8) is 0 Å². The fourth-order valence-corrected chi connectivity index (χ4v) is 3.44. The minimum atomic E-state index is 0.498. The third kappa shape index (κ3) is 2.13. The summed E-state index contributed by atoms with van der Waals surface area (Å²) in [6, 6.07) is 0.498. The molecule has 3 heteroatoms. The SMILES string of the molecule is Cn1c(C2CCCCC2)cnc1C1CCCN1. The first-order valence-electron chi connectivity index (χ1n) is 7.11. The Morgan fingerprint density at radius 1 is 1.18 bits per heavy atom. The molecule has 0 bridgehead atoms. The Hall–Kier alpha value is -0.830. The highest BCUT2D eigenvalue weighted by molar-refractivity contribution is 5.14. The second kappa shape index (κ2) is 4.81. The highest BCUT2D eigenvalue weighted by Crippen LogP contribution is 2.34. The Kier molecular flexibility index (Phi) is 3.19. The Morgan fingerprint density at radius 2 is 2.00 bits per heavy atom. The molecule has 2 aliphatic rings. The summed E-state index contributed by atoms with van der Waals surface area (Å²) in [6.45, 7) is 1.15. The molecule has 1 atom stereocenters. The van der Waals surface area contributed by atoms with E-state index in [-0.39, 0.29) is 0 Å². The molecule has 0 amide bonds. The maximum absolute atomic E-state index is 4.67. The van der Waals surface area contributed by atoms with E-state index in [9.17, 15) is 0 Å². The Balaban J connectivity index is 1.80. The smallest absolute Gasteiger partial charge is 0.125 e. The lowest BCUT2D eigenvalue weighted by Gasteiger charge is -2.22. The summed E-state index contributed by atoms with van der Waals surface area (Å²) in [6.07, 6.45) is 11.6. The minimum absolute atomic E-state index is 0.498. The van der Waals surface area contributed by atoms with E-state index in [1.807, 2.05) is 0 Å². The van der Waals surface area contributed by atoms with Crippen molar-refractivity contribution >= 4 is 0 Å². The van der Waals surface area contributed by atoms with E-state index in [2.05, 4.69) is 28.1 Å². The molecule has 1 unspecified atom stereocenters. The molecule has 2 fully saturated rings. The van der Waals surface area contributed by atoms with Crippen LogP contribution in [0.5, 0.6) is 0 Å². The van der Waals surface area contributed by atoms with Crippen LogP contribution < -0.4 is 5.32 Å². The molecule has 17 heavy (non-hydrogen) atoms. The summed E-state index contributed by atoms with van der Waals surface area (Å²) < 4.78 is 2.36. The quantitative estimate of drug-likeness (QED) is 0.851. The Bertz CT molecular complexity index is 371. The van der Waals surface area contributed by atoms with Gasteiger partial charge < -0.3 is 9.88 Å². The van der Waals surface area contributed by atoms with Crippen LogP contribution in [0.15, 0.2) is 6.20 Å². The fourth-order valence-electron chi connectivity index (χ4n) is 3.44. The van der Waals surface area contributed by atoms with Crippen LogP contribution in [-0.2, 0) is 7.05 Å². The average Bonchev–Trinajstić information content (AvgIpc) is 2.99. The predicted octanol–water partition coefficient (Wildman–Crippen LogP) is 2.89. The molecule has 0 spiro atoms. The molecule has 3 nitrogen and oxygen atoms in total. The summed E-state index contributed by atoms with van der Waals surface area (Å²) in [5.74, 6) is 2.01. The molecule has 3 rings (SSSR count). The van der Waals surface area contributed by atoms with E-state index in [1.165, 1.54) is 56.5 Å². The van der Waals surface area contributed by atoms with E-state index in [4.69, 9.17) is 0 Å². The Morgan fingerprint density at radius 3 is 2.71 bits per heavy atom. The fraction of sp³-hybridized carbons (Fsp3) is 0.786. The molecule has 1 aliphatic heterocycles. The number of rotatable bonds is 2. The van der Waals surface area contributed by atoms with Crippen molar-refractivity contribution < 1.29 is 0 Å². The van der Waals surface area contributed by atoms with Crippen molar-refractivity contribution in [2.24, 2.45) is 7.05 Å². The Labute approximate surface area is 104 Å². The van der Waals surface area contributed by atoms with Gasteiger partial charge in [-0.15, -0.1) is 0 Å². The van der Waals surface area contributed by atoms with E-state index >= 15 is 0 Å². The van der Waals surface area contributed by atoms with Crippen LogP contribution in [0.1, 0.15) is 68.4 Å². The van der Waals surface area contributed by atoms with E-state index in [0.29, 0.717) is 6.04 Å². The summed E-state index contributed by atoms with van der Waals surface area (Å²) in [7, 11) is 2.20. The van der Waals surface area contributed by atoms with Crippen molar-refractivity contribution in [2.45, 2.75) is 56.9 Å². The predicted molar refractivity (Wildman–Crippen MR) is 69.0 cm³/mol. The molecule has 1 saturated heterocycles. The van der Waals surface area contributed by atoms with Crippen molar-refractivity contribution in [1.29, 1.82) is 0 Å². The summed E-state index contributed by atoms with van der Waals surface area (Å²) >= 11 is 0. The van der Waals surface area contributed by atoms with Crippen molar-refractivity contribution in [3.8, 4) is 0 Å². The molecular formula is C14H23N3. The third-order valence-corrected chi connectivity index (χ3v) is 4.46. The van der Waals surface area contributed by atoms with Gasteiger partial charge in [0.25, 0.3) is 0 Å². The maximum Gasteiger partial charge on any atom is 0.125 e.